The van der Waals surface area contributed by atoms with Crippen molar-refractivity contribution in [3.8, 4) is 0 Å². The Kier molecular flexibility index (Phi) is 5.70. The van der Waals surface area contributed by atoms with Gasteiger partial charge in [0.1, 0.15) is 0 Å². The van der Waals surface area contributed by atoms with Gasteiger partial charge < -0.3 is 11.1 Å². The van der Waals surface area contributed by atoms with E-state index in [4.69, 9.17) is 5.73 Å². The number of carbonyl (C=O) groups is 1. The highest BCUT2D eigenvalue weighted by Crippen LogP contribution is 2.20. The maximum absolute atomic E-state index is 11.6. The standard InChI is InChI=1S/C14H22N2O/c1-11(2)10-13(16-14(17)8-9-15)12-6-4-3-5-7-12/h3-7,11,13H,8-10,15H2,1-2H3,(H,16,17). The molecule has 0 saturated carbocycles. The van der Waals surface area contributed by atoms with Crippen molar-refractivity contribution in [3.05, 3.63) is 35.9 Å². The average Bonchev–Trinajstić information content (AvgIpc) is 2.29. The Morgan fingerprint density at radius 3 is 2.47 bits per heavy atom. The first-order valence-electron chi connectivity index (χ1n) is 6.18. The Balaban J connectivity index is 2.70. The summed E-state index contributed by atoms with van der Waals surface area (Å²) in [6.45, 7) is 4.71. The van der Waals surface area contributed by atoms with Crippen LogP contribution in [0.25, 0.3) is 0 Å². The fourth-order valence-electron chi connectivity index (χ4n) is 1.83. The van der Waals surface area contributed by atoms with Crippen molar-refractivity contribution in [3.63, 3.8) is 0 Å². The summed E-state index contributed by atoms with van der Waals surface area (Å²) < 4.78 is 0. The Labute approximate surface area is 103 Å². The molecule has 0 aliphatic rings. The molecular weight excluding hydrogens is 212 g/mol. The van der Waals surface area contributed by atoms with Crippen LogP contribution in [0.1, 0.15) is 38.3 Å². The second-order valence-electron chi connectivity index (χ2n) is 4.70. The molecule has 0 bridgehead atoms. The Morgan fingerprint density at radius 1 is 1.29 bits per heavy atom. The van der Waals surface area contributed by atoms with Crippen molar-refractivity contribution >= 4 is 5.91 Å². The fraction of sp³-hybridized carbons (Fsp3) is 0.500. The van der Waals surface area contributed by atoms with Gasteiger partial charge in [0.2, 0.25) is 5.91 Å². The van der Waals surface area contributed by atoms with Crippen LogP contribution in [0, 0.1) is 5.92 Å². The third-order valence-corrected chi connectivity index (χ3v) is 2.62. The van der Waals surface area contributed by atoms with E-state index >= 15 is 0 Å². The SMILES string of the molecule is CC(C)CC(NC(=O)CCN)c1ccccc1. The van der Waals surface area contributed by atoms with Gasteiger partial charge in [0.05, 0.1) is 6.04 Å². The molecule has 3 N–H and O–H groups in total. The van der Waals surface area contributed by atoms with Gasteiger partial charge in [-0.2, -0.15) is 0 Å². The molecule has 1 unspecified atom stereocenters. The van der Waals surface area contributed by atoms with Crippen LogP contribution in [0.15, 0.2) is 30.3 Å². The zero-order valence-corrected chi connectivity index (χ0v) is 10.6. The second-order valence-corrected chi connectivity index (χ2v) is 4.70. The summed E-state index contributed by atoms with van der Waals surface area (Å²) in [6, 6.07) is 10.2. The van der Waals surface area contributed by atoms with E-state index in [2.05, 4.69) is 31.3 Å². The van der Waals surface area contributed by atoms with Gasteiger partial charge in [-0.15, -0.1) is 0 Å². The number of carbonyl (C=O) groups excluding carboxylic acids is 1. The molecule has 0 aliphatic carbocycles. The highest BCUT2D eigenvalue weighted by molar-refractivity contribution is 5.76. The van der Waals surface area contributed by atoms with E-state index in [9.17, 15) is 4.79 Å². The predicted octanol–water partition coefficient (Wildman–Crippen LogP) is 2.24. The molecule has 3 heteroatoms. The van der Waals surface area contributed by atoms with Crippen LogP contribution in [-0.4, -0.2) is 12.5 Å². The minimum atomic E-state index is 0.0296. The minimum Gasteiger partial charge on any atom is -0.349 e. The molecule has 0 fully saturated rings. The van der Waals surface area contributed by atoms with E-state index in [1.807, 2.05) is 18.2 Å². The molecule has 17 heavy (non-hydrogen) atoms. The summed E-state index contributed by atoms with van der Waals surface area (Å²) in [6.07, 6.45) is 1.34. The number of nitrogens with one attached hydrogen (secondary N) is 1. The summed E-state index contributed by atoms with van der Waals surface area (Å²) in [4.78, 5) is 11.6. The van der Waals surface area contributed by atoms with Crippen LogP contribution in [0.3, 0.4) is 0 Å². The molecule has 0 spiro atoms. The van der Waals surface area contributed by atoms with Crippen LogP contribution in [0.2, 0.25) is 0 Å². The van der Waals surface area contributed by atoms with Crippen LogP contribution < -0.4 is 11.1 Å². The van der Waals surface area contributed by atoms with Gasteiger partial charge in [-0.1, -0.05) is 44.2 Å². The maximum atomic E-state index is 11.6. The third kappa shape index (κ3) is 5.00. The molecule has 0 aromatic heterocycles. The van der Waals surface area contributed by atoms with Crippen molar-refractivity contribution < 1.29 is 4.79 Å². The van der Waals surface area contributed by atoms with Gasteiger partial charge in [-0.3, -0.25) is 4.79 Å². The molecule has 94 valence electrons. The van der Waals surface area contributed by atoms with Gasteiger partial charge in [0.25, 0.3) is 0 Å². The summed E-state index contributed by atoms with van der Waals surface area (Å²) >= 11 is 0. The third-order valence-electron chi connectivity index (χ3n) is 2.62. The number of rotatable bonds is 6. The van der Waals surface area contributed by atoms with Gasteiger partial charge in [-0.25, -0.2) is 0 Å². The first-order valence-corrected chi connectivity index (χ1v) is 6.18. The molecule has 1 atom stereocenters. The van der Waals surface area contributed by atoms with E-state index in [1.165, 1.54) is 0 Å². The summed E-state index contributed by atoms with van der Waals surface area (Å²) in [5.74, 6) is 0.570. The van der Waals surface area contributed by atoms with Crippen LogP contribution in [0.4, 0.5) is 0 Å². The molecular formula is C14H22N2O. The minimum absolute atomic E-state index is 0.0296. The van der Waals surface area contributed by atoms with E-state index in [-0.39, 0.29) is 11.9 Å². The monoisotopic (exact) mass is 234 g/mol. The quantitative estimate of drug-likeness (QED) is 0.793. The molecule has 0 radical (unpaired) electrons. The van der Waals surface area contributed by atoms with Crippen molar-refractivity contribution in [2.45, 2.75) is 32.7 Å². The van der Waals surface area contributed by atoms with Crippen LogP contribution in [0.5, 0.6) is 0 Å². The van der Waals surface area contributed by atoms with Crippen molar-refractivity contribution in [1.82, 2.24) is 5.32 Å². The fourth-order valence-corrected chi connectivity index (χ4v) is 1.83. The lowest BCUT2D eigenvalue weighted by Crippen LogP contribution is -2.30. The smallest absolute Gasteiger partial charge is 0.221 e. The summed E-state index contributed by atoms with van der Waals surface area (Å²) in [5, 5.41) is 3.05. The Hall–Kier alpha value is -1.35. The predicted molar refractivity (Wildman–Crippen MR) is 70.5 cm³/mol. The van der Waals surface area contributed by atoms with Gasteiger partial charge >= 0.3 is 0 Å². The second kappa shape index (κ2) is 7.07. The van der Waals surface area contributed by atoms with Crippen molar-refractivity contribution in [1.29, 1.82) is 0 Å². The number of hydrogen-bond acceptors (Lipinski definition) is 2. The topological polar surface area (TPSA) is 55.1 Å². The van der Waals surface area contributed by atoms with E-state index in [0.717, 1.165) is 12.0 Å². The van der Waals surface area contributed by atoms with Crippen LogP contribution in [-0.2, 0) is 4.79 Å². The lowest BCUT2D eigenvalue weighted by molar-refractivity contribution is -0.121. The number of benzene rings is 1. The first-order chi connectivity index (χ1) is 8.13. The first kappa shape index (κ1) is 13.7. The Morgan fingerprint density at radius 2 is 1.94 bits per heavy atom. The highest BCUT2D eigenvalue weighted by Gasteiger charge is 2.15. The van der Waals surface area contributed by atoms with Gasteiger partial charge in [0, 0.05) is 13.0 Å². The molecule has 1 rings (SSSR count). The largest absolute Gasteiger partial charge is 0.349 e. The lowest BCUT2D eigenvalue weighted by Gasteiger charge is -2.21. The van der Waals surface area contributed by atoms with E-state index in [0.29, 0.717) is 18.9 Å². The molecule has 3 nitrogen and oxygen atoms in total. The summed E-state index contributed by atoms with van der Waals surface area (Å²) in [7, 11) is 0. The number of hydrogen-bond donors (Lipinski definition) is 2. The number of nitrogens with two attached hydrogens (primary N) is 1. The highest BCUT2D eigenvalue weighted by atomic mass is 16.1. The normalized spacial score (nSPS) is 12.5. The molecule has 1 amide bonds. The van der Waals surface area contributed by atoms with Crippen molar-refractivity contribution in [2.75, 3.05) is 6.54 Å². The number of amides is 1. The van der Waals surface area contributed by atoms with Gasteiger partial charge in [-0.05, 0) is 17.9 Å². The molecule has 1 aromatic carbocycles. The summed E-state index contributed by atoms with van der Waals surface area (Å²) in [5.41, 5.74) is 6.54. The Bertz CT molecular complexity index is 335. The zero-order chi connectivity index (χ0) is 12.7. The zero-order valence-electron chi connectivity index (χ0n) is 10.6. The average molecular weight is 234 g/mol. The lowest BCUT2D eigenvalue weighted by atomic mass is 9.97. The van der Waals surface area contributed by atoms with Gasteiger partial charge in [0.15, 0.2) is 0 Å². The molecule has 0 saturated heterocycles. The van der Waals surface area contributed by atoms with Crippen LogP contribution >= 0.6 is 0 Å². The maximum Gasteiger partial charge on any atom is 0.221 e. The van der Waals surface area contributed by atoms with E-state index in [1.54, 1.807) is 0 Å². The van der Waals surface area contributed by atoms with E-state index < -0.39 is 0 Å². The van der Waals surface area contributed by atoms with Crippen molar-refractivity contribution in [2.24, 2.45) is 11.7 Å². The molecule has 0 aliphatic heterocycles. The molecule has 1 aromatic rings. The molecule has 0 heterocycles.